The molecule has 0 saturated heterocycles. The van der Waals surface area contributed by atoms with Crippen LogP contribution in [0.1, 0.15) is 44.8 Å². The molecular formula is C29H26ClFN6O4. The van der Waals surface area contributed by atoms with Crippen LogP contribution in [0.25, 0.3) is 10.9 Å². The lowest BCUT2D eigenvalue weighted by Gasteiger charge is -2.22. The van der Waals surface area contributed by atoms with Gasteiger partial charge in [0.05, 0.1) is 17.1 Å². The Balaban J connectivity index is 1.30. The molecule has 0 spiro atoms. The monoisotopic (exact) mass is 576 g/mol. The number of amides is 3. The maximum atomic E-state index is 14.2. The highest BCUT2D eigenvalue weighted by Gasteiger charge is 2.34. The molecule has 5 rings (SSSR count). The van der Waals surface area contributed by atoms with Crippen LogP contribution in [0.15, 0.2) is 60.9 Å². The van der Waals surface area contributed by atoms with E-state index in [4.69, 9.17) is 17.3 Å². The number of carbonyl (C=O) groups excluding carboxylic acids is 4. The van der Waals surface area contributed by atoms with Crippen molar-refractivity contribution in [3.05, 3.63) is 94.1 Å². The van der Waals surface area contributed by atoms with E-state index in [0.29, 0.717) is 22.0 Å². The average Bonchev–Trinajstić information content (AvgIpc) is 3.74. The quantitative estimate of drug-likeness (QED) is 0.263. The largest absolute Gasteiger partial charge is 0.364 e. The lowest BCUT2D eigenvalue weighted by atomic mass is 10.0. The van der Waals surface area contributed by atoms with Crippen molar-refractivity contribution in [3.8, 4) is 0 Å². The molecule has 3 N–H and O–H groups in total. The zero-order valence-corrected chi connectivity index (χ0v) is 22.6. The van der Waals surface area contributed by atoms with Gasteiger partial charge in [-0.2, -0.15) is 5.10 Å². The van der Waals surface area contributed by atoms with Crippen molar-refractivity contribution in [2.45, 2.75) is 38.4 Å². The normalized spacial score (nSPS) is 12.7. The molecule has 0 bridgehead atoms. The summed E-state index contributed by atoms with van der Waals surface area (Å²) in [6.45, 7) is -0.520. The van der Waals surface area contributed by atoms with Gasteiger partial charge < -0.3 is 16.0 Å². The van der Waals surface area contributed by atoms with Crippen molar-refractivity contribution >= 4 is 46.0 Å². The molecule has 0 aliphatic heterocycles. The Kier molecular flexibility index (Phi) is 8.06. The number of carbonyl (C=O) groups is 4. The maximum Gasteiger partial charge on any atom is 0.269 e. The molecule has 3 amide bonds. The molecule has 1 fully saturated rings. The van der Waals surface area contributed by atoms with Crippen LogP contribution in [0.5, 0.6) is 0 Å². The van der Waals surface area contributed by atoms with Crippen molar-refractivity contribution in [1.29, 1.82) is 0 Å². The predicted octanol–water partition coefficient (Wildman–Crippen LogP) is 3.06. The Labute approximate surface area is 239 Å². The number of Topliss-reactive ketones (excluding diaryl/α,β-unsaturated/α-hetero) is 1. The standard InChI is InChI=1S/C29H26ClFN6O4/c30-22-5-1-3-19(27(22)31)14-34-25(39)15-36(20-7-8-20)26(40)16-37-23-9-6-17(11-21(23)28(35-37)29(32)41)12-24(38)18-4-2-10-33-13-18/h1-6,9-11,13,20H,7-8,12,14-16H2,(H2,32,41)(H,34,39). The summed E-state index contributed by atoms with van der Waals surface area (Å²) in [4.78, 5) is 56.3. The van der Waals surface area contributed by atoms with Gasteiger partial charge in [0.25, 0.3) is 5.91 Å². The van der Waals surface area contributed by atoms with Gasteiger partial charge in [0.15, 0.2) is 11.5 Å². The minimum absolute atomic E-state index is 0.0252. The minimum atomic E-state index is -0.774. The second-order valence-corrected chi connectivity index (χ2v) is 10.2. The van der Waals surface area contributed by atoms with Crippen LogP contribution >= 0.6 is 11.6 Å². The van der Waals surface area contributed by atoms with E-state index in [0.717, 1.165) is 12.8 Å². The molecule has 210 valence electrons. The Morgan fingerprint density at radius 1 is 1.12 bits per heavy atom. The fourth-order valence-electron chi connectivity index (χ4n) is 4.57. The fourth-order valence-corrected chi connectivity index (χ4v) is 4.76. The molecule has 1 aliphatic carbocycles. The Morgan fingerprint density at radius 2 is 1.93 bits per heavy atom. The number of hydrogen-bond acceptors (Lipinski definition) is 6. The van der Waals surface area contributed by atoms with E-state index in [-0.39, 0.29) is 60.1 Å². The van der Waals surface area contributed by atoms with Gasteiger partial charge in [0, 0.05) is 47.9 Å². The first-order valence-electron chi connectivity index (χ1n) is 12.9. The molecule has 0 unspecified atom stereocenters. The fraction of sp³-hybridized carbons (Fsp3) is 0.241. The summed E-state index contributed by atoms with van der Waals surface area (Å²) in [6.07, 6.45) is 4.65. The van der Waals surface area contributed by atoms with Gasteiger partial charge in [-0.15, -0.1) is 0 Å². The average molecular weight is 577 g/mol. The highest BCUT2D eigenvalue weighted by molar-refractivity contribution is 6.30. The second kappa shape index (κ2) is 11.8. The summed E-state index contributed by atoms with van der Waals surface area (Å²) in [7, 11) is 0. The van der Waals surface area contributed by atoms with E-state index < -0.39 is 17.6 Å². The number of halogens is 2. The van der Waals surface area contributed by atoms with Crippen LogP contribution in [0, 0.1) is 5.82 Å². The second-order valence-electron chi connectivity index (χ2n) is 9.81. The number of ketones is 1. The van der Waals surface area contributed by atoms with Crippen molar-refractivity contribution in [1.82, 2.24) is 25.0 Å². The van der Waals surface area contributed by atoms with Crippen LogP contribution in [0.2, 0.25) is 5.02 Å². The SMILES string of the molecule is NC(=O)c1nn(CC(=O)N(CC(=O)NCc2cccc(Cl)c2F)C2CC2)c2ccc(CC(=O)c3cccnc3)cc12. The number of nitrogens with zero attached hydrogens (tertiary/aromatic N) is 4. The van der Waals surface area contributed by atoms with Crippen molar-refractivity contribution < 1.29 is 23.6 Å². The summed E-state index contributed by atoms with van der Waals surface area (Å²) in [5, 5.41) is 7.30. The third-order valence-electron chi connectivity index (χ3n) is 6.81. The highest BCUT2D eigenvalue weighted by atomic mass is 35.5. The third-order valence-corrected chi connectivity index (χ3v) is 7.10. The summed E-state index contributed by atoms with van der Waals surface area (Å²) < 4.78 is 15.5. The summed E-state index contributed by atoms with van der Waals surface area (Å²) in [5.74, 6) is -2.34. The number of pyridine rings is 1. The molecule has 4 aromatic rings. The topological polar surface area (TPSA) is 140 Å². The lowest BCUT2D eigenvalue weighted by Crippen LogP contribution is -2.43. The number of hydrogen-bond donors (Lipinski definition) is 2. The predicted molar refractivity (Wildman–Crippen MR) is 149 cm³/mol. The smallest absolute Gasteiger partial charge is 0.269 e. The van der Waals surface area contributed by atoms with Gasteiger partial charge in [-0.25, -0.2) is 4.39 Å². The van der Waals surface area contributed by atoms with E-state index >= 15 is 0 Å². The van der Waals surface area contributed by atoms with Crippen molar-refractivity contribution in [3.63, 3.8) is 0 Å². The number of nitrogens with one attached hydrogen (secondary N) is 1. The molecule has 41 heavy (non-hydrogen) atoms. The van der Waals surface area contributed by atoms with Gasteiger partial charge in [-0.05, 0) is 48.7 Å². The first kappa shape index (κ1) is 27.9. The van der Waals surface area contributed by atoms with Crippen molar-refractivity contribution in [2.75, 3.05) is 6.54 Å². The van der Waals surface area contributed by atoms with Gasteiger partial charge in [0.2, 0.25) is 11.8 Å². The molecule has 2 heterocycles. The number of aromatic nitrogens is 3. The van der Waals surface area contributed by atoms with E-state index in [1.807, 2.05) is 0 Å². The zero-order chi connectivity index (χ0) is 29.1. The molecule has 12 heteroatoms. The molecule has 1 saturated carbocycles. The van der Waals surface area contributed by atoms with Crippen LogP contribution in [0.3, 0.4) is 0 Å². The van der Waals surface area contributed by atoms with E-state index in [9.17, 15) is 23.6 Å². The lowest BCUT2D eigenvalue weighted by molar-refractivity contribution is -0.137. The molecule has 2 aromatic carbocycles. The van der Waals surface area contributed by atoms with E-state index in [2.05, 4.69) is 15.4 Å². The molecule has 1 aliphatic rings. The first-order chi connectivity index (χ1) is 19.7. The van der Waals surface area contributed by atoms with Crippen LogP contribution in [-0.4, -0.2) is 55.8 Å². The van der Waals surface area contributed by atoms with Gasteiger partial charge >= 0.3 is 0 Å². The molecule has 0 atom stereocenters. The van der Waals surface area contributed by atoms with Crippen LogP contribution in [-0.2, 0) is 29.1 Å². The van der Waals surface area contributed by atoms with E-state index in [1.165, 1.54) is 27.9 Å². The summed E-state index contributed by atoms with van der Waals surface area (Å²) >= 11 is 5.81. The minimum Gasteiger partial charge on any atom is -0.364 e. The number of nitrogens with two attached hydrogens (primary N) is 1. The van der Waals surface area contributed by atoms with Gasteiger partial charge in [-0.1, -0.05) is 29.8 Å². The highest BCUT2D eigenvalue weighted by Crippen LogP contribution is 2.28. The molecule has 2 aromatic heterocycles. The Bertz CT molecular complexity index is 1650. The first-order valence-corrected chi connectivity index (χ1v) is 13.3. The van der Waals surface area contributed by atoms with Gasteiger partial charge in [-0.3, -0.25) is 28.8 Å². The van der Waals surface area contributed by atoms with E-state index in [1.54, 1.807) is 42.6 Å². The number of fused-ring (bicyclic) bond motifs is 1. The van der Waals surface area contributed by atoms with Crippen molar-refractivity contribution in [2.24, 2.45) is 5.73 Å². The molecule has 0 radical (unpaired) electrons. The zero-order valence-electron chi connectivity index (χ0n) is 21.8. The number of rotatable bonds is 11. The number of benzene rings is 2. The number of primary amides is 1. The Hall–Kier alpha value is -4.64. The van der Waals surface area contributed by atoms with Gasteiger partial charge in [0.1, 0.15) is 12.4 Å². The molecule has 10 nitrogen and oxygen atoms in total. The third kappa shape index (κ3) is 6.41. The Morgan fingerprint density at radius 3 is 2.63 bits per heavy atom. The van der Waals surface area contributed by atoms with Crippen LogP contribution in [0.4, 0.5) is 4.39 Å². The van der Waals surface area contributed by atoms with Crippen LogP contribution < -0.4 is 11.1 Å². The maximum absolute atomic E-state index is 14.2. The molecular weight excluding hydrogens is 551 g/mol. The summed E-state index contributed by atoms with van der Waals surface area (Å²) in [5.41, 5.74) is 7.38. The summed E-state index contributed by atoms with van der Waals surface area (Å²) in [6, 6.07) is 12.9.